The summed E-state index contributed by atoms with van der Waals surface area (Å²) in [6.45, 7) is 2.00. The highest BCUT2D eigenvalue weighted by molar-refractivity contribution is 7.92. The van der Waals surface area contributed by atoms with Crippen molar-refractivity contribution >= 4 is 33.0 Å². The van der Waals surface area contributed by atoms with E-state index in [4.69, 9.17) is 0 Å². The van der Waals surface area contributed by atoms with E-state index in [9.17, 15) is 13.2 Å². The standard InChI is InChI=1S/C18H21N3O3S/c1-25(23,24)20-15-10-8-14(9-11-15)18(22)19-16-6-2-3-7-17(16)21-12-4-5-13-21/h2-3,6-11,20H,4-5,12-13H2,1H3,(H,19,22). The van der Waals surface area contributed by atoms with Gasteiger partial charge in [0, 0.05) is 24.3 Å². The fourth-order valence-electron chi connectivity index (χ4n) is 2.91. The molecule has 2 N–H and O–H groups in total. The van der Waals surface area contributed by atoms with E-state index in [-0.39, 0.29) is 5.91 Å². The number of nitrogens with one attached hydrogen (secondary N) is 2. The highest BCUT2D eigenvalue weighted by atomic mass is 32.2. The SMILES string of the molecule is CS(=O)(=O)Nc1ccc(C(=O)Nc2ccccc2N2CCCC2)cc1. The maximum atomic E-state index is 12.5. The second-order valence-corrected chi connectivity index (χ2v) is 7.87. The number of nitrogens with zero attached hydrogens (tertiary/aromatic N) is 1. The molecule has 1 heterocycles. The number of carbonyl (C=O) groups is 1. The molecule has 3 rings (SSSR count). The zero-order valence-electron chi connectivity index (χ0n) is 14.0. The molecule has 1 aliphatic rings. The maximum absolute atomic E-state index is 12.5. The molecule has 1 fully saturated rings. The first kappa shape index (κ1) is 17.3. The summed E-state index contributed by atoms with van der Waals surface area (Å²) in [5.74, 6) is -0.224. The third-order valence-corrected chi connectivity index (χ3v) is 4.66. The summed E-state index contributed by atoms with van der Waals surface area (Å²) in [6.07, 6.45) is 3.41. The molecule has 0 radical (unpaired) electrons. The Morgan fingerprint density at radius 3 is 2.28 bits per heavy atom. The Balaban J connectivity index is 1.74. The Morgan fingerprint density at radius 1 is 1.00 bits per heavy atom. The molecule has 0 bridgehead atoms. The van der Waals surface area contributed by atoms with Crippen LogP contribution in [0.1, 0.15) is 23.2 Å². The fraction of sp³-hybridized carbons (Fsp3) is 0.278. The van der Waals surface area contributed by atoms with E-state index in [1.54, 1.807) is 24.3 Å². The molecule has 7 heteroatoms. The first-order valence-electron chi connectivity index (χ1n) is 8.15. The van der Waals surface area contributed by atoms with Gasteiger partial charge in [0.25, 0.3) is 5.91 Å². The van der Waals surface area contributed by atoms with Crippen molar-refractivity contribution in [3.05, 3.63) is 54.1 Å². The fourth-order valence-corrected chi connectivity index (χ4v) is 3.48. The topological polar surface area (TPSA) is 78.5 Å². The van der Waals surface area contributed by atoms with Crippen LogP contribution in [0.2, 0.25) is 0 Å². The largest absolute Gasteiger partial charge is 0.370 e. The predicted octanol–water partition coefficient (Wildman–Crippen LogP) is 2.91. The number of hydrogen-bond donors (Lipinski definition) is 2. The summed E-state index contributed by atoms with van der Waals surface area (Å²) >= 11 is 0. The highest BCUT2D eigenvalue weighted by Crippen LogP contribution is 2.29. The summed E-state index contributed by atoms with van der Waals surface area (Å²) in [5, 5.41) is 2.95. The second kappa shape index (κ2) is 7.14. The minimum Gasteiger partial charge on any atom is -0.370 e. The average Bonchev–Trinajstić information content (AvgIpc) is 3.09. The van der Waals surface area contributed by atoms with Crippen LogP contribution in [0.3, 0.4) is 0 Å². The number of amides is 1. The Labute approximate surface area is 147 Å². The van der Waals surface area contributed by atoms with Crippen LogP contribution in [0, 0.1) is 0 Å². The normalized spacial score (nSPS) is 14.4. The van der Waals surface area contributed by atoms with Gasteiger partial charge in [0.1, 0.15) is 0 Å². The van der Waals surface area contributed by atoms with Crippen LogP contribution < -0.4 is 14.9 Å². The van der Waals surface area contributed by atoms with Crippen LogP contribution in [-0.2, 0) is 10.0 Å². The van der Waals surface area contributed by atoms with Gasteiger partial charge in [0.15, 0.2) is 0 Å². The first-order chi connectivity index (χ1) is 11.9. The van der Waals surface area contributed by atoms with Crippen molar-refractivity contribution in [2.24, 2.45) is 0 Å². The number of rotatable bonds is 5. The zero-order chi connectivity index (χ0) is 17.9. The minimum absolute atomic E-state index is 0.224. The summed E-state index contributed by atoms with van der Waals surface area (Å²) in [5.41, 5.74) is 2.71. The molecule has 0 atom stereocenters. The number of hydrogen-bond acceptors (Lipinski definition) is 4. The van der Waals surface area contributed by atoms with E-state index in [0.29, 0.717) is 11.3 Å². The van der Waals surface area contributed by atoms with Crippen molar-refractivity contribution in [1.29, 1.82) is 0 Å². The highest BCUT2D eigenvalue weighted by Gasteiger charge is 2.17. The lowest BCUT2D eigenvalue weighted by molar-refractivity contribution is 0.102. The van der Waals surface area contributed by atoms with E-state index in [0.717, 1.165) is 43.6 Å². The lowest BCUT2D eigenvalue weighted by Gasteiger charge is -2.21. The third-order valence-electron chi connectivity index (χ3n) is 4.05. The van der Waals surface area contributed by atoms with Crippen molar-refractivity contribution in [1.82, 2.24) is 0 Å². The molecule has 1 aliphatic heterocycles. The van der Waals surface area contributed by atoms with E-state index in [1.807, 2.05) is 24.3 Å². The molecule has 132 valence electrons. The molecular weight excluding hydrogens is 338 g/mol. The molecular formula is C18H21N3O3S. The molecule has 0 spiro atoms. The van der Waals surface area contributed by atoms with Crippen molar-refractivity contribution in [2.75, 3.05) is 34.3 Å². The van der Waals surface area contributed by atoms with Crippen LogP contribution in [0.4, 0.5) is 17.1 Å². The van der Waals surface area contributed by atoms with Crippen LogP contribution in [-0.4, -0.2) is 33.7 Å². The molecule has 2 aromatic carbocycles. The molecule has 0 unspecified atom stereocenters. The summed E-state index contributed by atoms with van der Waals surface area (Å²) in [4.78, 5) is 14.8. The van der Waals surface area contributed by atoms with Crippen LogP contribution in [0.15, 0.2) is 48.5 Å². The number of benzene rings is 2. The van der Waals surface area contributed by atoms with E-state index < -0.39 is 10.0 Å². The monoisotopic (exact) mass is 359 g/mol. The number of anilines is 3. The number of sulfonamides is 1. The van der Waals surface area contributed by atoms with E-state index >= 15 is 0 Å². The molecule has 6 nitrogen and oxygen atoms in total. The Morgan fingerprint density at radius 2 is 1.64 bits per heavy atom. The third kappa shape index (κ3) is 4.51. The molecule has 0 aromatic heterocycles. The molecule has 1 saturated heterocycles. The van der Waals surface area contributed by atoms with Gasteiger partial charge < -0.3 is 10.2 Å². The number of para-hydroxylation sites is 2. The molecule has 2 aromatic rings. The van der Waals surface area contributed by atoms with E-state index in [1.165, 1.54) is 0 Å². The molecule has 0 aliphatic carbocycles. The van der Waals surface area contributed by atoms with Crippen LogP contribution in [0.25, 0.3) is 0 Å². The van der Waals surface area contributed by atoms with Crippen molar-refractivity contribution < 1.29 is 13.2 Å². The van der Waals surface area contributed by atoms with Gasteiger partial charge in [-0.3, -0.25) is 9.52 Å². The van der Waals surface area contributed by atoms with E-state index in [2.05, 4.69) is 14.9 Å². The molecule has 1 amide bonds. The Kier molecular flexibility index (Phi) is 4.94. The maximum Gasteiger partial charge on any atom is 0.255 e. The minimum atomic E-state index is -3.33. The van der Waals surface area contributed by atoms with Gasteiger partial charge in [-0.15, -0.1) is 0 Å². The molecule has 0 saturated carbocycles. The van der Waals surface area contributed by atoms with Gasteiger partial charge in [-0.25, -0.2) is 8.42 Å². The van der Waals surface area contributed by atoms with Crippen molar-refractivity contribution in [3.63, 3.8) is 0 Å². The van der Waals surface area contributed by atoms with Crippen LogP contribution in [0.5, 0.6) is 0 Å². The van der Waals surface area contributed by atoms with Gasteiger partial charge in [0.2, 0.25) is 10.0 Å². The average molecular weight is 359 g/mol. The predicted molar refractivity (Wildman–Crippen MR) is 101 cm³/mol. The zero-order valence-corrected chi connectivity index (χ0v) is 14.8. The summed E-state index contributed by atoms with van der Waals surface area (Å²) in [6, 6.07) is 14.1. The Bertz CT molecular complexity index is 857. The van der Waals surface area contributed by atoms with Gasteiger partial charge in [0.05, 0.1) is 17.6 Å². The van der Waals surface area contributed by atoms with Crippen molar-refractivity contribution in [2.45, 2.75) is 12.8 Å². The smallest absolute Gasteiger partial charge is 0.255 e. The van der Waals surface area contributed by atoms with Crippen LogP contribution >= 0.6 is 0 Å². The number of carbonyl (C=O) groups excluding carboxylic acids is 1. The van der Waals surface area contributed by atoms with Gasteiger partial charge >= 0.3 is 0 Å². The van der Waals surface area contributed by atoms with Gasteiger partial charge in [-0.2, -0.15) is 0 Å². The molecule has 25 heavy (non-hydrogen) atoms. The Hall–Kier alpha value is -2.54. The second-order valence-electron chi connectivity index (χ2n) is 6.12. The van der Waals surface area contributed by atoms with Gasteiger partial charge in [-0.1, -0.05) is 12.1 Å². The first-order valence-corrected chi connectivity index (χ1v) is 10.0. The lowest BCUT2D eigenvalue weighted by atomic mass is 10.2. The summed E-state index contributed by atoms with van der Waals surface area (Å²) < 4.78 is 24.8. The summed E-state index contributed by atoms with van der Waals surface area (Å²) in [7, 11) is -3.33. The quantitative estimate of drug-likeness (QED) is 0.860. The lowest BCUT2D eigenvalue weighted by Crippen LogP contribution is -2.21. The van der Waals surface area contributed by atoms with Crippen molar-refractivity contribution in [3.8, 4) is 0 Å². The van der Waals surface area contributed by atoms with Gasteiger partial charge in [-0.05, 0) is 49.2 Å².